The lowest BCUT2D eigenvalue weighted by Crippen LogP contribution is -2.06. The van der Waals surface area contributed by atoms with Crippen LogP contribution in [0.1, 0.15) is 11.3 Å². The maximum atomic E-state index is 14.2. The average Bonchev–Trinajstić information content (AvgIpc) is 3.08. The van der Waals surface area contributed by atoms with E-state index in [0.29, 0.717) is 29.3 Å². The molecule has 0 bridgehead atoms. The van der Waals surface area contributed by atoms with Gasteiger partial charge in [-0.3, -0.25) is 0 Å². The lowest BCUT2D eigenvalue weighted by molar-refractivity contribution is 0.386. The van der Waals surface area contributed by atoms with Crippen LogP contribution >= 0.6 is 0 Å². The van der Waals surface area contributed by atoms with E-state index in [1.54, 1.807) is 53.2 Å². The van der Waals surface area contributed by atoms with Gasteiger partial charge in [0.15, 0.2) is 27.1 Å². The van der Waals surface area contributed by atoms with Gasteiger partial charge in [-0.2, -0.15) is 9.61 Å². The molecule has 7 nitrogen and oxygen atoms in total. The predicted molar refractivity (Wildman–Crippen MR) is 117 cm³/mol. The van der Waals surface area contributed by atoms with E-state index in [9.17, 15) is 12.8 Å². The normalized spacial score (nSPS) is 11.6. The molecule has 2 heterocycles. The summed E-state index contributed by atoms with van der Waals surface area (Å²) >= 11 is 0. The molecule has 0 fully saturated rings. The minimum Gasteiger partial charge on any atom is -0.494 e. The number of methoxy groups -OCH3 is 1. The molecule has 0 aliphatic carbocycles. The average molecular weight is 441 g/mol. The van der Waals surface area contributed by atoms with Crippen molar-refractivity contribution in [3.8, 4) is 16.9 Å². The number of nitrogens with one attached hydrogen (secondary N) is 1. The number of aromatic nitrogens is 3. The number of anilines is 1. The molecule has 9 heteroatoms. The number of benzene rings is 2. The predicted octanol–water partition coefficient (Wildman–Crippen LogP) is 3.87. The van der Waals surface area contributed by atoms with E-state index in [4.69, 9.17) is 4.74 Å². The topological polar surface area (TPSA) is 85.6 Å². The van der Waals surface area contributed by atoms with Crippen LogP contribution in [0.25, 0.3) is 16.8 Å². The maximum absolute atomic E-state index is 14.2. The molecule has 0 aliphatic heterocycles. The Bertz CT molecular complexity index is 1370. The molecule has 1 N–H and O–H groups in total. The summed E-state index contributed by atoms with van der Waals surface area (Å²) in [5.41, 5.74) is 3.62. The second kappa shape index (κ2) is 7.99. The third-order valence-corrected chi connectivity index (χ3v) is 6.09. The fourth-order valence-electron chi connectivity index (χ4n) is 3.39. The quantitative estimate of drug-likeness (QED) is 0.490. The van der Waals surface area contributed by atoms with Gasteiger partial charge in [0, 0.05) is 24.6 Å². The third kappa shape index (κ3) is 4.09. The van der Waals surface area contributed by atoms with Gasteiger partial charge in [0.05, 0.1) is 17.7 Å². The Balaban J connectivity index is 1.65. The zero-order chi connectivity index (χ0) is 22.2. The highest BCUT2D eigenvalue weighted by Crippen LogP contribution is 2.31. The fraction of sp³-hybridized carbons (Fsp3) is 0.182. The minimum atomic E-state index is -3.23. The molecule has 160 valence electrons. The summed E-state index contributed by atoms with van der Waals surface area (Å²) in [4.78, 5) is 4.72. The molecular weight excluding hydrogens is 419 g/mol. The molecule has 0 radical (unpaired) electrons. The van der Waals surface area contributed by atoms with Crippen molar-refractivity contribution in [2.45, 2.75) is 18.4 Å². The molecule has 0 aliphatic rings. The van der Waals surface area contributed by atoms with Crippen molar-refractivity contribution in [1.29, 1.82) is 0 Å². The molecule has 0 spiro atoms. The van der Waals surface area contributed by atoms with Crippen LogP contribution in [0.3, 0.4) is 0 Å². The van der Waals surface area contributed by atoms with E-state index < -0.39 is 15.7 Å². The summed E-state index contributed by atoms with van der Waals surface area (Å²) in [7, 11) is -1.81. The number of hydrogen-bond donors (Lipinski definition) is 1. The second-order valence-corrected chi connectivity index (χ2v) is 9.16. The second-order valence-electron chi connectivity index (χ2n) is 7.14. The Hall–Kier alpha value is -3.46. The molecular formula is C22H21FN4O3S. The van der Waals surface area contributed by atoms with E-state index in [1.165, 1.54) is 19.4 Å². The molecule has 0 saturated carbocycles. The van der Waals surface area contributed by atoms with Crippen molar-refractivity contribution in [3.05, 3.63) is 71.8 Å². The van der Waals surface area contributed by atoms with Crippen molar-refractivity contribution >= 4 is 21.3 Å². The van der Waals surface area contributed by atoms with Gasteiger partial charge in [-0.15, -0.1) is 0 Å². The SMILES string of the molecule is COc1ccc(-c2c(C)nn3c(NCc4ccc(S(C)(=O)=O)cc4)ccnc23)cc1F. The zero-order valence-corrected chi connectivity index (χ0v) is 18.1. The van der Waals surface area contributed by atoms with Crippen LogP contribution in [-0.2, 0) is 16.4 Å². The Morgan fingerprint density at radius 1 is 1.13 bits per heavy atom. The maximum Gasteiger partial charge on any atom is 0.175 e. The van der Waals surface area contributed by atoms with E-state index in [-0.39, 0.29) is 10.6 Å². The van der Waals surface area contributed by atoms with E-state index in [2.05, 4.69) is 15.4 Å². The van der Waals surface area contributed by atoms with Gasteiger partial charge in [0.1, 0.15) is 5.82 Å². The molecule has 2 aromatic carbocycles. The Morgan fingerprint density at radius 3 is 2.52 bits per heavy atom. The van der Waals surface area contributed by atoms with E-state index >= 15 is 0 Å². The number of ether oxygens (including phenoxy) is 1. The zero-order valence-electron chi connectivity index (χ0n) is 17.3. The Kier molecular flexibility index (Phi) is 5.36. The minimum absolute atomic E-state index is 0.176. The van der Waals surface area contributed by atoms with Crippen LogP contribution in [0.2, 0.25) is 0 Å². The van der Waals surface area contributed by atoms with Crippen molar-refractivity contribution < 1.29 is 17.5 Å². The molecule has 0 saturated heterocycles. The van der Waals surface area contributed by atoms with Gasteiger partial charge >= 0.3 is 0 Å². The number of hydrogen-bond acceptors (Lipinski definition) is 6. The van der Waals surface area contributed by atoms with Crippen LogP contribution in [0.4, 0.5) is 10.2 Å². The lowest BCUT2D eigenvalue weighted by atomic mass is 10.1. The van der Waals surface area contributed by atoms with Gasteiger partial charge in [0.25, 0.3) is 0 Å². The number of fused-ring (bicyclic) bond motifs is 1. The molecule has 0 unspecified atom stereocenters. The van der Waals surface area contributed by atoms with Crippen LogP contribution in [0, 0.1) is 12.7 Å². The first kappa shape index (κ1) is 20.8. The van der Waals surface area contributed by atoms with Crippen LogP contribution in [-0.4, -0.2) is 36.4 Å². The van der Waals surface area contributed by atoms with Gasteiger partial charge in [-0.05, 0) is 48.4 Å². The Labute approximate surface area is 179 Å². The van der Waals surface area contributed by atoms with E-state index in [0.717, 1.165) is 11.1 Å². The van der Waals surface area contributed by atoms with E-state index in [1.807, 2.05) is 6.92 Å². The number of nitrogens with zero attached hydrogens (tertiary/aromatic N) is 3. The summed E-state index contributed by atoms with van der Waals surface area (Å²) in [6.07, 6.45) is 2.84. The molecule has 4 aromatic rings. The number of sulfone groups is 1. The van der Waals surface area contributed by atoms with Crippen LogP contribution in [0.15, 0.2) is 59.6 Å². The molecule has 0 amide bonds. The van der Waals surface area contributed by atoms with Crippen molar-refractivity contribution in [2.24, 2.45) is 0 Å². The highest BCUT2D eigenvalue weighted by atomic mass is 32.2. The van der Waals surface area contributed by atoms with Gasteiger partial charge in [0.2, 0.25) is 0 Å². The molecule has 31 heavy (non-hydrogen) atoms. The lowest BCUT2D eigenvalue weighted by Gasteiger charge is -2.09. The van der Waals surface area contributed by atoms with Crippen molar-refractivity contribution in [3.63, 3.8) is 0 Å². The number of halogens is 1. The van der Waals surface area contributed by atoms with Gasteiger partial charge in [-0.25, -0.2) is 17.8 Å². The first-order valence-electron chi connectivity index (χ1n) is 9.49. The summed E-state index contributed by atoms with van der Waals surface area (Å²) in [5, 5.41) is 7.88. The van der Waals surface area contributed by atoms with Gasteiger partial charge in [-0.1, -0.05) is 18.2 Å². The highest BCUT2D eigenvalue weighted by Gasteiger charge is 2.16. The molecule has 2 aromatic heterocycles. The summed E-state index contributed by atoms with van der Waals surface area (Å²) < 4.78 is 44.1. The number of aryl methyl sites for hydroxylation is 1. The fourth-order valence-corrected chi connectivity index (χ4v) is 4.02. The highest BCUT2D eigenvalue weighted by molar-refractivity contribution is 7.90. The summed E-state index contributed by atoms with van der Waals surface area (Å²) in [6.45, 7) is 2.31. The van der Waals surface area contributed by atoms with Crippen molar-refractivity contribution in [1.82, 2.24) is 14.6 Å². The first-order valence-corrected chi connectivity index (χ1v) is 11.4. The largest absolute Gasteiger partial charge is 0.494 e. The molecule has 4 rings (SSSR count). The molecule has 0 atom stereocenters. The van der Waals surface area contributed by atoms with Crippen molar-refractivity contribution in [2.75, 3.05) is 18.7 Å². The Morgan fingerprint density at radius 2 is 1.87 bits per heavy atom. The smallest absolute Gasteiger partial charge is 0.175 e. The van der Waals surface area contributed by atoms with Crippen LogP contribution < -0.4 is 10.1 Å². The standard InChI is InChI=1S/C22H21FN4O3S/c1-14-21(16-6-9-19(30-2)18(23)12-16)22-24-11-10-20(27(22)26-14)25-13-15-4-7-17(8-5-15)31(3,28)29/h4-12,25H,13H2,1-3H3. The summed E-state index contributed by atoms with van der Waals surface area (Å²) in [6, 6.07) is 13.3. The number of rotatable bonds is 6. The van der Waals surface area contributed by atoms with Crippen LogP contribution in [0.5, 0.6) is 5.75 Å². The monoisotopic (exact) mass is 440 g/mol. The summed E-state index contributed by atoms with van der Waals surface area (Å²) in [5.74, 6) is 0.432. The van der Waals surface area contributed by atoms with Gasteiger partial charge < -0.3 is 10.1 Å². The first-order chi connectivity index (χ1) is 14.8. The third-order valence-electron chi connectivity index (χ3n) is 4.96.